The fraction of sp³-hybridized carbons (Fsp3) is 0.667. The standard InChI is InChI=1S/C12H21N5O/c1-4-9-10(16-13)14-8-15-11(9)17-5-6-18-12(2,3)7-17/h8H,4-7,13H2,1-3H3,(H,14,15,16). The summed E-state index contributed by atoms with van der Waals surface area (Å²) in [7, 11) is 0. The van der Waals surface area contributed by atoms with E-state index in [1.54, 1.807) is 6.33 Å². The minimum Gasteiger partial charge on any atom is -0.372 e. The number of anilines is 2. The lowest BCUT2D eigenvalue weighted by Crippen LogP contribution is -2.49. The van der Waals surface area contributed by atoms with Crippen LogP contribution in [0.25, 0.3) is 0 Å². The van der Waals surface area contributed by atoms with Crippen LogP contribution in [0.15, 0.2) is 6.33 Å². The smallest absolute Gasteiger partial charge is 0.148 e. The van der Waals surface area contributed by atoms with Gasteiger partial charge in [0.05, 0.1) is 12.2 Å². The van der Waals surface area contributed by atoms with Gasteiger partial charge in [-0.2, -0.15) is 0 Å². The van der Waals surface area contributed by atoms with Crippen molar-refractivity contribution in [2.75, 3.05) is 30.0 Å². The Morgan fingerprint density at radius 2 is 2.28 bits per heavy atom. The Morgan fingerprint density at radius 1 is 1.50 bits per heavy atom. The molecule has 0 aromatic carbocycles. The molecule has 6 nitrogen and oxygen atoms in total. The maximum Gasteiger partial charge on any atom is 0.148 e. The maximum absolute atomic E-state index is 5.72. The van der Waals surface area contributed by atoms with E-state index in [9.17, 15) is 0 Å². The first-order chi connectivity index (χ1) is 8.57. The molecule has 100 valence electrons. The van der Waals surface area contributed by atoms with Gasteiger partial charge in [0.1, 0.15) is 18.0 Å². The summed E-state index contributed by atoms with van der Waals surface area (Å²) < 4.78 is 5.72. The van der Waals surface area contributed by atoms with Crippen molar-refractivity contribution in [1.29, 1.82) is 0 Å². The highest BCUT2D eigenvalue weighted by Crippen LogP contribution is 2.27. The number of nitrogens with two attached hydrogens (primary N) is 1. The molecule has 0 saturated carbocycles. The summed E-state index contributed by atoms with van der Waals surface area (Å²) in [5.74, 6) is 7.15. The van der Waals surface area contributed by atoms with Crippen LogP contribution in [0, 0.1) is 0 Å². The molecule has 1 aromatic rings. The second-order valence-electron chi connectivity index (χ2n) is 5.05. The van der Waals surface area contributed by atoms with Crippen LogP contribution < -0.4 is 16.2 Å². The molecular formula is C12H21N5O. The maximum atomic E-state index is 5.72. The van der Waals surface area contributed by atoms with Crippen LogP contribution >= 0.6 is 0 Å². The number of nitrogens with one attached hydrogen (secondary N) is 1. The zero-order valence-electron chi connectivity index (χ0n) is 11.2. The lowest BCUT2D eigenvalue weighted by Gasteiger charge is -2.39. The van der Waals surface area contributed by atoms with E-state index in [4.69, 9.17) is 10.6 Å². The van der Waals surface area contributed by atoms with Gasteiger partial charge in [-0.15, -0.1) is 0 Å². The molecule has 0 atom stereocenters. The van der Waals surface area contributed by atoms with Crippen LogP contribution in [0.3, 0.4) is 0 Å². The molecule has 1 aliphatic rings. The summed E-state index contributed by atoms with van der Waals surface area (Å²) in [6.45, 7) is 8.64. The van der Waals surface area contributed by atoms with Gasteiger partial charge in [-0.3, -0.25) is 0 Å². The molecule has 2 rings (SSSR count). The third-order valence-electron chi connectivity index (χ3n) is 3.14. The van der Waals surface area contributed by atoms with E-state index in [0.29, 0.717) is 12.4 Å². The number of rotatable bonds is 3. The summed E-state index contributed by atoms with van der Waals surface area (Å²) in [5, 5.41) is 0. The van der Waals surface area contributed by atoms with Crippen LogP contribution in [0.5, 0.6) is 0 Å². The Kier molecular flexibility index (Phi) is 3.68. The average Bonchev–Trinajstić information content (AvgIpc) is 2.36. The van der Waals surface area contributed by atoms with Crippen LogP contribution in [0.1, 0.15) is 26.3 Å². The number of nitrogens with zero attached hydrogens (tertiary/aromatic N) is 3. The number of hydrogen-bond acceptors (Lipinski definition) is 6. The number of nitrogen functional groups attached to an aromatic ring is 1. The lowest BCUT2D eigenvalue weighted by molar-refractivity contribution is -0.0279. The van der Waals surface area contributed by atoms with Gasteiger partial charge >= 0.3 is 0 Å². The number of aromatic nitrogens is 2. The normalized spacial score (nSPS) is 18.8. The van der Waals surface area contributed by atoms with Crippen LogP contribution in [-0.4, -0.2) is 35.3 Å². The number of ether oxygens (including phenoxy) is 1. The van der Waals surface area contributed by atoms with E-state index in [0.717, 1.165) is 30.9 Å². The first-order valence-electron chi connectivity index (χ1n) is 6.27. The molecular weight excluding hydrogens is 230 g/mol. The highest BCUT2D eigenvalue weighted by Gasteiger charge is 2.29. The van der Waals surface area contributed by atoms with Crippen LogP contribution in [0.2, 0.25) is 0 Å². The fourth-order valence-corrected chi connectivity index (χ4v) is 2.32. The Morgan fingerprint density at radius 3 is 2.89 bits per heavy atom. The second kappa shape index (κ2) is 5.07. The quantitative estimate of drug-likeness (QED) is 0.615. The molecule has 3 N–H and O–H groups in total. The fourth-order valence-electron chi connectivity index (χ4n) is 2.32. The van der Waals surface area contributed by atoms with Crippen molar-refractivity contribution in [3.05, 3.63) is 11.9 Å². The molecule has 0 spiro atoms. The van der Waals surface area contributed by atoms with Crippen molar-refractivity contribution in [3.63, 3.8) is 0 Å². The molecule has 1 fully saturated rings. The SMILES string of the molecule is CCc1c(NN)ncnc1N1CCOC(C)(C)C1. The largest absolute Gasteiger partial charge is 0.372 e. The van der Waals surface area contributed by atoms with Crippen molar-refractivity contribution in [2.45, 2.75) is 32.8 Å². The third kappa shape index (κ3) is 2.54. The summed E-state index contributed by atoms with van der Waals surface area (Å²) in [6.07, 6.45) is 2.39. The van der Waals surface area contributed by atoms with E-state index < -0.39 is 0 Å². The number of hydrazine groups is 1. The van der Waals surface area contributed by atoms with Gasteiger partial charge in [0.25, 0.3) is 0 Å². The minimum atomic E-state index is -0.148. The lowest BCUT2D eigenvalue weighted by atomic mass is 10.1. The monoisotopic (exact) mass is 251 g/mol. The molecule has 18 heavy (non-hydrogen) atoms. The first-order valence-corrected chi connectivity index (χ1v) is 6.27. The third-order valence-corrected chi connectivity index (χ3v) is 3.14. The molecule has 0 aliphatic carbocycles. The van der Waals surface area contributed by atoms with Crippen molar-refractivity contribution in [2.24, 2.45) is 5.84 Å². The zero-order valence-corrected chi connectivity index (χ0v) is 11.2. The first kappa shape index (κ1) is 13.0. The van der Waals surface area contributed by atoms with Crippen LogP contribution in [-0.2, 0) is 11.2 Å². The Balaban J connectivity index is 2.32. The van der Waals surface area contributed by atoms with E-state index in [-0.39, 0.29) is 5.60 Å². The average molecular weight is 251 g/mol. The van der Waals surface area contributed by atoms with Crippen molar-refractivity contribution in [1.82, 2.24) is 9.97 Å². The van der Waals surface area contributed by atoms with Gasteiger partial charge in [-0.25, -0.2) is 15.8 Å². The van der Waals surface area contributed by atoms with Crippen molar-refractivity contribution >= 4 is 11.6 Å². The molecule has 1 saturated heterocycles. The minimum absolute atomic E-state index is 0.148. The Hall–Kier alpha value is -1.40. The van der Waals surface area contributed by atoms with Crippen molar-refractivity contribution in [3.8, 4) is 0 Å². The van der Waals surface area contributed by atoms with Gasteiger partial charge < -0.3 is 15.1 Å². The molecule has 2 heterocycles. The van der Waals surface area contributed by atoms with Gasteiger partial charge in [-0.05, 0) is 20.3 Å². The van der Waals surface area contributed by atoms with Gasteiger partial charge in [0, 0.05) is 18.7 Å². The Labute approximate surface area is 108 Å². The van der Waals surface area contributed by atoms with Crippen LogP contribution in [0.4, 0.5) is 11.6 Å². The number of hydrogen-bond donors (Lipinski definition) is 2. The number of morpholine rings is 1. The highest BCUT2D eigenvalue weighted by molar-refractivity contribution is 5.58. The van der Waals surface area contributed by atoms with E-state index in [1.807, 2.05) is 0 Å². The summed E-state index contributed by atoms with van der Waals surface area (Å²) in [6, 6.07) is 0. The molecule has 0 unspecified atom stereocenters. The second-order valence-corrected chi connectivity index (χ2v) is 5.05. The van der Waals surface area contributed by atoms with Gasteiger partial charge in [0.15, 0.2) is 0 Å². The molecule has 0 radical (unpaired) electrons. The van der Waals surface area contributed by atoms with E-state index >= 15 is 0 Å². The van der Waals surface area contributed by atoms with E-state index in [1.165, 1.54) is 0 Å². The predicted octanol–water partition coefficient (Wildman–Crippen LogP) is 0.940. The highest BCUT2D eigenvalue weighted by atomic mass is 16.5. The van der Waals surface area contributed by atoms with Gasteiger partial charge in [-0.1, -0.05) is 6.92 Å². The predicted molar refractivity (Wildman–Crippen MR) is 71.5 cm³/mol. The van der Waals surface area contributed by atoms with E-state index in [2.05, 4.69) is 41.1 Å². The Bertz CT molecular complexity index is 421. The summed E-state index contributed by atoms with van der Waals surface area (Å²) in [4.78, 5) is 10.8. The molecule has 0 bridgehead atoms. The topological polar surface area (TPSA) is 76.3 Å². The molecule has 6 heteroatoms. The van der Waals surface area contributed by atoms with Crippen molar-refractivity contribution < 1.29 is 4.74 Å². The molecule has 1 aromatic heterocycles. The zero-order chi connectivity index (χ0) is 13.2. The summed E-state index contributed by atoms with van der Waals surface area (Å²) in [5.41, 5.74) is 3.54. The molecule has 1 aliphatic heterocycles. The summed E-state index contributed by atoms with van der Waals surface area (Å²) >= 11 is 0. The van der Waals surface area contributed by atoms with Gasteiger partial charge in [0.2, 0.25) is 0 Å². The molecule has 0 amide bonds.